The molecule has 0 spiro atoms. The molecule has 4 heterocycles. The summed E-state index contributed by atoms with van der Waals surface area (Å²) in [6, 6.07) is 22.8. The number of pyridine rings is 2. The summed E-state index contributed by atoms with van der Waals surface area (Å²) in [6.45, 7) is 6.00. The summed E-state index contributed by atoms with van der Waals surface area (Å²) < 4.78 is 5.58. The number of hydrogen-bond donors (Lipinski definition) is 1. The van der Waals surface area contributed by atoms with Gasteiger partial charge in [0.1, 0.15) is 5.65 Å². The fraction of sp³-hybridized carbons (Fsp3) is 0.294. The number of benzene rings is 2. The normalized spacial score (nSPS) is 18.1. The van der Waals surface area contributed by atoms with Crippen LogP contribution in [0.3, 0.4) is 0 Å². The van der Waals surface area contributed by atoms with E-state index in [-0.39, 0.29) is 0 Å². The Morgan fingerprint density at radius 1 is 0.821 bits per heavy atom. The van der Waals surface area contributed by atoms with E-state index in [1.807, 2.05) is 18.5 Å². The Kier molecular flexibility index (Phi) is 6.47. The summed E-state index contributed by atoms with van der Waals surface area (Å²) in [7, 11) is 0. The van der Waals surface area contributed by atoms with E-state index < -0.39 is 0 Å². The van der Waals surface area contributed by atoms with Gasteiger partial charge in [-0.15, -0.1) is 0 Å². The maximum Gasteiger partial charge on any atom is 0.137 e. The average Bonchev–Trinajstić information content (AvgIpc) is 3.29. The van der Waals surface area contributed by atoms with Crippen LogP contribution in [0.1, 0.15) is 29.5 Å². The van der Waals surface area contributed by atoms with Gasteiger partial charge in [-0.3, -0.25) is 9.88 Å². The van der Waals surface area contributed by atoms with Crippen LogP contribution in [0.15, 0.2) is 79.3 Å². The summed E-state index contributed by atoms with van der Waals surface area (Å²) in [5, 5.41) is 1.15. The number of H-pyrrole nitrogens is 1. The molecule has 0 bridgehead atoms. The van der Waals surface area contributed by atoms with Crippen LogP contribution in [-0.4, -0.2) is 52.2 Å². The molecule has 1 unspecified atom stereocenters. The Labute approximate surface area is 229 Å². The van der Waals surface area contributed by atoms with Crippen LogP contribution in [0.2, 0.25) is 0 Å². The lowest BCUT2D eigenvalue weighted by molar-refractivity contribution is 0.0136. The Hall–Kier alpha value is -3.80. The van der Waals surface area contributed by atoms with Crippen molar-refractivity contribution in [1.29, 1.82) is 0 Å². The molecule has 5 heteroatoms. The highest BCUT2D eigenvalue weighted by Gasteiger charge is 2.24. The predicted molar refractivity (Wildman–Crippen MR) is 158 cm³/mol. The number of rotatable bonds is 4. The Bertz CT molecular complexity index is 1610. The highest BCUT2D eigenvalue weighted by Crippen LogP contribution is 2.34. The molecule has 1 aliphatic carbocycles. The van der Waals surface area contributed by atoms with Gasteiger partial charge in [0.05, 0.1) is 18.9 Å². The van der Waals surface area contributed by atoms with Crippen LogP contribution in [0.25, 0.3) is 44.5 Å². The molecule has 1 atom stereocenters. The number of hydrogen-bond acceptors (Lipinski definition) is 4. The largest absolute Gasteiger partial charge is 0.379 e. The van der Waals surface area contributed by atoms with E-state index in [9.17, 15) is 0 Å². The zero-order valence-electron chi connectivity index (χ0n) is 22.5. The van der Waals surface area contributed by atoms with Crippen LogP contribution < -0.4 is 0 Å². The number of nitrogens with zero attached hydrogens (tertiary/aromatic N) is 3. The molecular weight excluding hydrogens is 480 g/mol. The molecule has 1 aliphatic heterocycles. The SMILES string of the molecule is Cc1cccnc1-c1ccc(-c2c[nH]c3ncc(-c4ccc5c(c4)CCC(N4CCOCC4)CC5)cc23)cc1. The molecule has 5 nitrogen and oxygen atoms in total. The fourth-order valence-electron chi connectivity index (χ4n) is 6.37. The first-order valence-electron chi connectivity index (χ1n) is 14.2. The average molecular weight is 515 g/mol. The molecule has 1 fully saturated rings. The minimum Gasteiger partial charge on any atom is -0.379 e. The second-order valence-corrected chi connectivity index (χ2v) is 10.9. The van der Waals surface area contributed by atoms with Gasteiger partial charge in [-0.1, -0.05) is 48.5 Å². The van der Waals surface area contributed by atoms with Crippen molar-refractivity contribution in [1.82, 2.24) is 19.9 Å². The van der Waals surface area contributed by atoms with Gasteiger partial charge in [0.25, 0.3) is 0 Å². The van der Waals surface area contributed by atoms with Gasteiger partial charge in [0.2, 0.25) is 0 Å². The van der Waals surface area contributed by atoms with E-state index in [1.165, 1.54) is 51.8 Å². The molecule has 7 rings (SSSR count). The van der Waals surface area contributed by atoms with Gasteiger partial charge < -0.3 is 9.72 Å². The van der Waals surface area contributed by atoms with Crippen molar-refractivity contribution >= 4 is 11.0 Å². The van der Waals surface area contributed by atoms with E-state index >= 15 is 0 Å². The fourth-order valence-corrected chi connectivity index (χ4v) is 6.37. The van der Waals surface area contributed by atoms with Crippen molar-refractivity contribution in [3.05, 3.63) is 95.9 Å². The van der Waals surface area contributed by atoms with Crippen molar-refractivity contribution in [2.45, 2.75) is 38.6 Å². The zero-order valence-corrected chi connectivity index (χ0v) is 22.5. The van der Waals surface area contributed by atoms with Crippen molar-refractivity contribution in [2.24, 2.45) is 0 Å². The zero-order chi connectivity index (χ0) is 26.2. The molecule has 0 saturated carbocycles. The summed E-state index contributed by atoms with van der Waals surface area (Å²) in [5.74, 6) is 0. The lowest BCUT2D eigenvalue weighted by Gasteiger charge is -2.33. The van der Waals surface area contributed by atoms with E-state index in [0.717, 1.165) is 61.4 Å². The summed E-state index contributed by atoms with van der Waals surface area (Å²) >= 11 is 0. The van der Waals surface area contributed by atoms with Crippen LogP contribution in [0, 0.1) is 6.92 Å². The molecule has 196 valence electrons. The third kappa shape index (κ3) is 4.77. The first kappa shape index (κ1) is 24.3. The number of morpholine rings is 1. The molecule has 1 saturated heterocycles. The molecule has 3 aromatic heterocycles. The highest BCUT2D eigenvalue weighted by molar-refractivity contribution is 5.96. The van der Waals surface area contributed by atoms with Crippen LogP contribution in [0.4, 0.5) is 0 Å². The number of ether oxygens (including phenoxy) is 1. The second kappa shape index (κ2) is 10.4. The first-order chi connectivity index (χ1) is 19.2. The molecule has 0 radical (unpaired) electrons. The number of aromatic amines is 1. The van der Waals surface area contributed by atoms with Crippen LogP contribution >= 0.6 is 0 Å². The Balaban J connectivity index is 1.16. The van der Waals surface area contributed by atoms with Crippen LogP contribution in [-0.2, 0) is 17.6 Å². The van der Waals surface area contributed by atoms with Crippen molar-refractivity contribution in [3.63, 3.8) is 0 Å². The lowest BCUT2D eigenvalue weighted by atomic mass is 9.96. The quantitative estimate of drug-likeness (QED) is 0.267. The van der Waals surface area contributed by atoms with E-state index in [1.54, 1.807) is 0 Å². The monoisotopic (exact) mass is 514 g/mol. The molecule has 2 aromatic carbocycles. The molecular formula is C34H34N4O. The van der Waals surface area contributed by atoms with E-state index in [0.29, 0.717) is 6.04 Å². The van der Waals surface area contributed by atoms with Gasteiger partial charge in [0.15, 0.2) is 0 Å². The number of aryl methyl sites for hydroxylation is 3. The molecule has 2 aliphatic rings. The first-order valence-corrected chi connectivity index (χ1v) is 14.2. The van der Waals surface area contributed by atoms with Crippen molar-refractivity contribution in [3.8, 4) is 33.5 Å². The Morgan fingerprint density at radius 2 is 1.59 bits per heavy atom. The maximum absolute atomic E-state index is 5.58. The smallest absolute Gasteiger partial charge is 0.137 e. The lowest BCUT2D eigenvalue weighted by Crippen LogP contribution is -2.43. The predicted octanol–water partition coefficient (Wildman–Crippen LogP) is 6.85. The topological polar surface area (TPSA) is 54.0 Å². The highest BCUT2D eigenvalue weighted by atomic mass is 16.5. The standard InChI is InChI=1S/C34H34N4O/c1-23-3-2-14-35-33(23)26-7-5-25(6-8-26)32-22-37-34-31(32)20-29(21-36-34)28-9-4-24-10-12-30(13-11-27(24)19-28)38-15-17-39-18-16-38/h2-9,14,19-22,30H,10-13,15-18H2,1H3,(H,36,37). The third-order valence-corrected chi connectivity index (χ3v) is 8.61. The van der Waals surface area contributed by atoms with Gasteiger partial charge in [0, 0.05) is 59.8 Å². The number of fused-ring (bicyclic) bond motifs is 2. The van der Waals surface area contributed by atoms with Gasteiger partial charge in [-0.25, -0.2) is 4.98 Å². The molecule has 39 heavy (non-hydrogen) atoms. The Morgan fingerprint density at radius 3 is 2.41 bits per heavy atom. The number of aromatic nitrogens is 3. The molecule has 0 amide bonds. The molecule has 1 N–H and O–H groups in total. The van der Waals surface area contributed by atoms with Gasteiger partial charge in [-0.2, -0.15) is 0 Å². The van der Waals surface area contributed by atoms with E-state index in [2.05, 4.69) is 82.6 Å². The van der Waals surface area contributed by atoms with Crippen molar-refractivity contribution in [2.75, 3.05) is 26.3 Å². The summed E-state index contributed by atoms with van der Waals surface area (Å²) in [4.78, 5) is 15.4. The van der Waals surface area contributed by atoms with Crippen molar-refractivity contribution < 1.29 is 4.74 Å². The molecule has 5 aromatic rings. The van der Waals surface area contributed by atoms with Crippen LogP contribution in [0.5, 0.6) is 0 Å². The second-order valence-electron chi connectivity index (χ2n) is 10.9. The maximum atomic E-state index is 5.58. The van der Waals surface area contributed by atoms with E-state index in [4.69, 9.17) is 9.72 Å². The summed E-state index contributed by atoms with van der Waals surface area (Å²) in [6.07, 6.45) is 10.7. The minimum atomic E-state index is 0.665. The minimum absolute atomic E-state index is 0.665. The van der Waals surface area contributed by atoms with Gasteiger partial charge in [-0.05, 0) is 72.6 Å². The number of nitrogens with one attached hydrogen (secondary N) is 1. The third-order valence-electron chi connectivity index (χ3n) is 8.61. The van der Waals surface area contributed by atoms with Gasteiger partial charge >= 0.3 is 0 Å². The summed E-state index contributed by atoms with van der Waals surface area (Å²) in [5.41, 5.74) is 12.0.